The molecule has 1 aliphatic rings. The molecule has 0 amide bonds. The molecule has 1 unspecified atom stereocenters. The van der Waals surface area contributed by atoms with E-state index < -0.39 is 0 Å². The summed E-state index contributed by atoms with van der Waals surface area (Å²) in [5.74, 6) is 1.41. The van der Waals surface area contributed by atoms with Crippen LogP contribution in [0.4, 0.5) is 0 Å². The van der Waals surface area contributed by atoms with Crippen molar-refractivity contribution in [2.45, 2.75) is 18.9 Å². The average molecular weight is 284 g/mol. The summed E-state index contributed by atoms with van der Waals surface area (Å²) in [5.41, 5.74) is 6.73. The predicted octanol–water partition coefficient (Wildman–Crippen LogP) is 3.45. The number of nitrogens with two attached hydrogens (primary N) is 1. The van der Waals surface area contributed by atoms with Crippen LogP contribution in [0.5, 0.6) is 0 Å². The summed E-state index contributed by atoms with van der Waals surface area (Å²) in [6, 6.07) is 4.97. The maximum atomic E-state index is 6.00. The van der Waals surface area contributed by atoms with Gasteiger partial charge in [0.05, 0.1) is 6.04 Å². The molecule has 1 saturated carbocycles. The fraction of sp³-hybridized carbons (Fsp3) is 0.333. The molecule has 1 fully saturated rings. The van der Waals surface area contributed by atoms with Crippen LogP contribution in [0.3, 0.4) is 0 Å². The number of rotatable bonds is 3. The molecule has 2 aromatic rings. The highest BCUT2D eigenvalue weighted by Crippen LogP contribution is 2.39. The largest absolute Gasteiger partial charge is 0.337 e. The van der Waals surface area contributed by atoms with Gasteiger partial charge in [0.25, 0.3) is 0 Å². The van der Waals surface area contributed by atoms with Gasteiger partial charge in [0.1, 0.15) is 0 Å². The van der Waals surface area contributed by atoms with Gasteiger partial charge in [-0.25, -0.2) is 0 Å². The number of aromatic nitrogens is 2. The van der Waals surface area contributed by atoms with Gasteiger partial charge in [0.15, 0.2) is 0 Å². The molecule has 1 aliphatic carbocycles. The highest BCUT2D eigenvalue weighted by Gasteiger charge is 2.33. The van der Waals surface area contributed by atoms with Crippen LogP contribution in [0.15, 0.2) is 22.7 Å². The summed E-state index contributed by atoms with van der Waals surface area (Å²) in [7, 11) is 0. The molecule has 1 aromatic heterocycles. The molecular weight excluding hydrogens is 273 g/mol. The van der Waals surface area contributed by atoms with Gasteiger partial charge in [-0.15, -0.1) is 0 Å². The summed E-state index contributed by atoms with van der Waals surface area (Å²) in [5, 5.41) is 4.99. The zero-order valence-corrected chi connectivity index (χ0v) is 10.9. The first-order valence-electron chi connectivity index (χ1n) is 5.69. The lowest BCUT2D eigenvalue weighted by atomic mass is 10.2. The minimum atomic E-state index is -0.166. The SMILES string of the molecule is NC(c1nc(-c2cc(Cl)cc(Cl)c2)no1)C1CC1. The minimum absolute atomic E-state index is 0.166. The van der Waals surface area contributed by atoms with Gasteiger partial charge >= 0.3 is 0 Å². The number of hydrogen-bond donors (Lipinski definition) is 1. The van der Waals surface area contributed by atoms with Crippen LogP contribution in [-0.4, -0.2) is 10.1 Å². The van der Waals surface area contributed by atoms with E-state index in [-0.39, 0.29) is 6.04 Å². The molecule has 94 valence electrons. The monoisotopic (exact) mass is 283 g/mol. The maximum absolute atomic E-state index is 6.00. The molecule has 0 aliphatic heterocycles. The zero-order valence-electron chi connectivity index (χ0n) is 9.44. The Labute approximate surface area is 114 Å². The summed E-state index contributed by atoms with van der Waals surface area (Å²) in [6.07, 6.45) is 2.25. The first-order chi connectivity index (χ1) is 8.63. The molecule has 0 spiro atoms. The quantitative estimate of drug-likeness (QED) is 0.937. The Morgan fingerprint density at radius 3 is 2.50 bits per heavy atom. The van der Waals surface area contributed by atoms with E-state index in [1.807, 2.05) is 0 Å². The molecule has 0 bridgehead atoms. The first kappa shape index (κ1) is 12.0. The highest BCUT2D eigenvalue weighted by atomic mass is 35.5. The molecule has 0 saturated heterocycles. The highest BCUT2D eigenvalue weighted by molar-refractivity contribution is 6.35. The van der Waals surface area contributed by atoms with Crippen LogP contribution in [-0.2, 0) is 0 Å². The smallest absolute Gasteiger partial charge is 0.244 e. The van der Waals surface area contributed by atoms with Gasteiger partial charge in [-0.05, 0) is 37.0 Å². The molecule has 1 heterocycles. The second kappa shape index (κ2) is 4.53. The Bertz CT molecular complexity index is 560. The Kier molecular flexibility index (Phi) is 3.01. The molecule has 18 heavy (non-hydrogen) atoms. The Morgan fingerprint density at radius 2 is 1.89 bits per heavy atom. The van der Waals surface area contributed by atoms with Crippen LogP contribution < -0.4 is 5.73 Å². The van der Waals surface area contributed by atoms with E-state index in [1.54, 1.807) is 18.2 Å². The van der Waals surface area contributed by atoms with Crippen LogP contribution in [0.1, 0.15) is 24.8 Å². The van der Waals surface area contributed by atoms with Crippen molar-refractivity contribution >= 4 is 23.2 Å². The number of hydrogen-bond acceptors (Lipinski definition) is 4. The van der Waals surface area contributed by atoms with Crippen LogP contribution in [0.25, 0.3) is 11.4 Å². The van der Waals surface area contributed by atoms with E-state index in [4.69, 9.17) is 33.5 Å². The normalized spacial score (nSPS) is 16.8. The summed E-state index contributed by atoms with van der Waals surface area (Å²) in [4.78, 5) is 4.30. The predicted molar refractivity (Wildman–Crippen MR) is 69.4 cm³/mol. The van der Waals surface area contributed by atoms with E-state index in [1.165, 1.54) is 0 Å². The van der Waals surface area contributed by atoms with Crippen molar-refractivity contribution in [1.82, 2.24) is 10.1 Å². The Balaban J connectivity index is 1.92. The van der Waals surface area contributed by atoms with Crippen LogP contribution in [0, 0.1) is 5.92 Å². The van der Waals surface area contributed by atoms with Crippen molar-refractivity contribution in [1.29, 1.82) is 0 Å². The van der Waals surface area contributed by atoms with Crippen molar-refractivity contribution in [3.8, 4) is 11.4 Å². The van der Waals surface area contributed by atoms with Gasteiger partial charge in [0, 0.05) is 15.6 Å². The lowest BCUT2D eigenvalue weighted by molar-refractivity contribution is 0.343. The molecular formula is C12H11Cl2N3O. The molecule has 6 heteroatoms. The molecule has 1 aromatic carbocycles. The van der Waals surface area contributed by atoms with E-state index in [9.17, 15) is 0 Å². The molecule has 3 rings (SSSR count). The topological polar surface area (TPSA) is 64.9 Å². The summed E-state index contributed by atoms with van der Waals surface area (Å²) < 4.78 is 5.19. The summed E-state index contributed by atoms with van der Waals surface area (Å²) >= 11 is 11.9. The lowest BCUT2D eigenvalue weighted by Gasteiger charge is -2.01. The third kappa shape index (κ3) is 2.36. The van der Waals surface area contributed by atoms with Gasteiger partial charge in [0.2, 0.25) is 11.7 Å². The van der Waals surface area contributed by atoms with Crippen LogP contribution in [0.2, 0.25) is 10.0 Å². The lowest BCUT2D eigenvalue weighted by Crippen LogP contribution is -2.12. The van der Waals surface area contributed by atoms with Gasteiger partial charge in [-0.2, -0.15) is 4.98 Å². The van der Waals surface area contributed by atoms with Crippen molar-refractivity contribution in [3.05, 3.63) is 34.1 Å². The van der Waals surface area contributed by atoms with Gasteiger partial charge in [-0.1, -0.05) is 28.4 Å². The molecule has 2 N–H and O–H groups in total. The fourth-order valence-corrected chi connectivity index (χ4v) is 2.35. The average Bonchev–Trinajstić information content (AvgIpc) is 3.04. The zero-order chi connectivity index (χ0) is 12.7. The molecule has 0 radical (unpaired) electrons. The van der Waals surface area contributed by atoms with Crippen molar-refractivity contribution in [2.24, 2.45) is 11.7 Å². The van der Waals surface area contributed by atoms with Gasteiger partial charge in [-0.3, -0.25) is 0 Å². The third-order valence-electron chi connectivity index (χ3n) is 2.98. The van der Waals surface area contributed by atoms with Crippen molar-refractivity contribution in [3.63, 3.8) is 0 Å². The van der Waals surface area contributed by atoms with Gasteiger partial charge < -0.3 is 10.3 Å². The molecule has 4 nitrogen and oxygen atoms in total. The van der Waals surface area contributed by atoms with Crippen molar-refractivity contribution < 1.29 is 4.52 Å². The second-order valence-electron chi connectivity index (χ2n) is 4.48. The van der Waals surface area contributed by atoms with E-state index in [0.717, 1.165) is 18.4 Å². The summed E-state index contributed by atoms with van der Waals surface area (Å²) in [6.45, 7) is 0. The maximum Gasteiger partial charge on any atom is 0.244 e. The standard InChI is InChI=1S/C12H11Cl2N3O/c13-8-3-7(4-9(14)5-8)11-16-12(18-17-11)10(15)6-1-2-6/h3-6,10H,1-2,15H2. The fourth-order valence-electron chi connectivity index (χ4n) is 1.83. The number of halogens is 2. The van der Waals surface area contributed by atoms with Crippen molar-refractivity contribution in [2.75, 3.05) is 0 Å². The molecule has 1 atom stereocenters. The Morgan fingerprint density at radius 1 is 1.22 bits per heavy atom. The van der Waals surface area contributed by atoms with E-state index in [2.05, 4.69) is 10.1 Å². The Hall–Kier alpha value is -1.10. The number of benzene rings is 1. The number of nitrogens with zero attached hydrogens (tertiary/aromatic N) is 2. The minimum Gasteiger partial charge on any atom is -0.337 e. The third-order valence-corrected chi connectivity index (χ3v) is 3.41. The van der Waals surface area contributed by atoms with Crippen LogP contribution >= 0.6 is 23.2 Å². The van der Waals surface area contributed by atoms with E-state index in [0.29, 0.717) is 27.7 Å². The first-order valence-corrected chi connectivity index (χ1v) is 6.45. The second-order valence-corrected chi connectivity index (χ2v) is 5.35. The van der Waals surface area contributed by atoms with E-state index >= 15 is 0 Å².